The van der Waals surface area contributed by atoms with Crippen LogP contribution >= 0.6 is 15.9 Å². The third-order valence-corrected chi connectivity index (χ3v) is 2.85. The lowest BCUT2D eigenvalue weighted by Gasteiger charge is -2.14. The molecule has 0 saturated carbocycles. The zero-order valence-corrected chi connectivity index (χ0v) is 10.9. The standard InChI is InChI=1S/C13H17BrO/c1-4-6-10(3)15-13-8-7-11(5-2)9-12(13)14/h4,7-10H,1,5-6H2,2-3H3/t10-/m0/s1. The van der Waals surface area contributed by atoms with Crippen molar-refractivity contribution in [3.63, 3.8) is 0 Å². The predicted molar refractivity (Wildman–Crippen MR) is 68.4 cm³/mol. The van der Waals surface area contributed by atoms with Gasteiger partial charge in [-0.1, -0.05) is 19.1 Å². The molecule has 0 fully saturated rings. The molecule has 0 aliphatic rings. The Balaban J connectivity index is 2.73. The highest BCUT2D eigenvalue weighted by Crippen LogP contribution is 2.27. The number of ether oxygens (including phenoxy) is 1. The maximum Gasteiger partial charge on any atom is 0.133 e. The van der Waals surface area contributed by atoms with E-state index in [2.05, 4.69) is 41.6 Å². The van der Waals surface area contributed by atoms with Crippen molar-refractivity contribution in [3.8, 4) is 5.75 Å². The lowest BCUT2D eigenvalue weighted by Crippen LogP contribution is -2.10. The number of benzene rings is 1. The molecule has 0 N–H and O–H groups in total. The van der Waals surface area contributed by atoms with Gasteiger partial charge in [-0.05, 0) is 47.0 Å². The van der Waals surface area contributed by atoms with E-state index in [1.54, 1.807) is 0 Å². The first kappa shape index (κ1) is 12.3. The van der Waals surface area contributed by atoms with E-state index in [-0.39, 0.29) is 6.10 Å². The zero-order chi connectivity index (χ0) is 11.3. The Morgan fingerprint density at radius 3 is 2.80 bits per heavy atom. The molecule has 1 nitrogen and oxygen atoms in total. The lowest BCUT2D eigenvalue weighted by atomic mass is 10.2. The molecule has 1 atom stereocenters. The predicted octanol–water partition coefficient (Wildman–Crippen LogP) is 4.35. The molecule has 0 unspecified atom stereocenters. The highest BCUT2D eigenvalue weighted by Gasteiger charge is 2.05. The second-order valence-corrected chi connectivity index (χ2v) is 4.43. The van der Waals surface area contributed by atoms with Gasteiger partial charge in [0.1, 0.15) is 5.75 Å². The van der Waals surface area contributed by atoms with E-state index in [9.17, 15) is 0 Å². The topological polar surface area (TPSA) is 9.23 Å². The molecule has 0 heterocycles. The van der Waals surface area contributed by atoms with Crippen LogP contribution in [-0.2, 0) is 6.42 Å². The van der Waals surface area contributed by atoms with Gasteiger partial charge in [-0.3, -0.25) is 0 Å². The maximum absolute atomic E-state index is 5.77. The Morgan fingerprint density at radius 2 is 2.27 bits per heavy atom. The van der Waals surface area contributed by atoms with Crippen LogP contribution in [-0.4, -0.2) is 6.10 Å². The molecule has 0 aliphatic carbocycles. The van der Waals surface area contributed by atoms with Crippen LogP contribution in [0, 0.1) is 0 Å². The zero-order valence-electron chi connectivity index (χ0n) is 9.29. The summed E-state index contributed by atoms with van der Waals surface area (Å²) >= 11 is 3.52. The summed E-state index contributed by atoms with van der Waals surface area (Å²) < 4.78 is 6.79. The lowest BCUT2D eigenvalue weighted by molar-refractivity contribution is 0.224. The number of hydrogen-bond acceptors (Lipinski definition) is 1. The molecule has 82 valence electrons. The fraction of sp³-hybridized carbons (Fsp3) is 0.385. The van der Waals surface area contributed by atoms with Gasteiger partial charge in [0, 0.05) is 6.42 Å². The molecule has 0 amide bonds. The third kappa shape index (κ3) is 3.71. The van der Waals surface area contributed by atoms with Crippen molar-refractivity contribution in [2.45, 2.75) is 32.8 Å². The summed E-state index contributed by atoms with van der Waals surface area (Å²) in [6.07, 6.45) is 3.95. The Kier molecular flexibility index (Phi) is 4.89. The van der Waals surface area contributed by atoms with E-state index >= 15 is 0 Å². The van der Waals surface area contributed by atoms with Gasteiger partial charge >= 0.3 is 0 Å². The summed E-state index contributed by atoms with van der Waals surface area (Å²) in [5.74, 6) is 0.904. The summed E-state index contributed by atoms with van der Waals surface area (Å²) in [5.41, 5.74) is 1.31. The molecule has 0 radical (unpaired) electrons. The van der Waals surface area contributed by atoms with Gasteiger partial charge in [0.15, 0.2) is 0 Å². The van der Waals surface area contributed by atoms with Gasteiger partial charge in [-0.25, -0.2) is 0 Å². The van der Waals surface area contributed by atoms with Crippen LogP contribution in [0.1, 0.15) is 25.8 Å². The van der Waals surface area contributed by atoms with E-state index in [0.29, 0.717) is 0 Å². The second kappa shape index (κ2) is 5.96. The Hall–Kier alpha value is -0.760. The summed E-state index contributed by atoms with van der Waals surface area (Å²) in [6, 6.07) is 6.22. The minimum atomic E-state index is 0.172. The molecule has 1 aromatic rings. The quantitative estimate of drug-likeness (QED) is 0.722. The molecule has 0 spiro atoms. The van der Waals surface area contributed by atoms with Crippen LogP contribution in [0.15, 0.2) is 35.3 Å². The molecule has 0 saturated heterocycles. The average Bonchev–Trinajstić information content (AvgIpc) is 2.21. The van der Waals surface area contributed by atoms with Crippen molar-refractivity contribution in [2.24, 2.45) is 0 Å². The van der Waals surface area contributed by atoms with Crippen LogP contribution in [0.4, 0.5) is 0 Å². The van der Waals surface area contributed by atoms with E-state index in [0.717, 1.165) is 23.1 Å². The molecule has 1 aromatic carbocycles. The second-order valence-electron chi connectivity index (χ2n) is 3.57. The van der Waals surface area contributed by atoms with Gasteiger partial charge in [0.25, 0.3) is 0 Å². The van der Waals surface area contributed by atoms with E-state index < -0.39 is 0 Å². The highest BCUT2D eigenvalue weighted by molar-refractivity contribution is 9.10. The summed E-state index contributed by atoms with van der Waals surface area (Å²) in [5, 5.41) is 0. The normalized spacial score (nSPS) is 12.2. The summed E-state index contributed by atoms with van der Waals surface area (Å²) in [7, 11) is 0. The Morgan fingerprint density at radius 1 is 1.53 bits per heavy atom. The van der Waals surface area contributed by atoms with Crippen LogP contribution in [0.5, 0.6) is 5.75 Å². The molecule has 2 heteroatoms. The maximum atomic E-state index is 5.77. The number of hydrogen-bond donors (Lipinski definition) is 0. The first-order chi connectivity index (χ1) is 7.17. The van der Waals surface area contributed by atoms with Crippen molar-refractivity contribution in [1.82, 2.24) is 0 Å². The largest absolute Gasteiger partial charge is 0.489 e. The average molecular weight is 269 g/mol. The first-order valence-electron chi connectivity index (χ1n) is 5.23. The smallest absolute Gasteiger partial charge is 0.133 e. The van der Waals surface area contributed by atoms with Gasteiger partial charge in [-0.2, -0.15) is 0 Å². The SMILES string of the molecule is C=CC[C@H](C)Oc1ccc(CC)cc1Br. The van der Waals surface area contributed by atoms with E-state index in [4.69, 9.17) is 4.74 Å². The molecular weight excluding hydrogens is 252 g/mol. The summed E-state index contributed by atoms with van der Waals surface area (Å²) in [6.45, 7) is 7.89. The molecular formula is C13H17BrO. The Labute approximate surface area is 100 Å². The first-order valence-corrected chi connectivity index (χ1v) is 6.02. The van der Waals surface area contributed by atoms with Crippen LogP contribution in [0.25, 0.3) is 0 Å². The highest BCUT2D eigenvalue weighted by atomic mass is 79.9. The van der Waals surface area contributed by atoms with Gasteiger partial charge in [-0.15, -0.1) is 6.58 Å². The number of rotatable bonds is 5. The molecule has 0 bridgehead atoms. The molecule has 0 aliphatic heterocycles. The van der Waals surface area contributed by atoms with Gasteiger partial charge in [0.2, 0.25) is 0 Å². The van der Waals surface area contributed by atoms with Crippen LogP contribution in [0.3, 0.4) is 0 Å². The van der Waals surface area contributed by atoms with Crippen LogP contribution in [0.2, 0.25) is 0 Å². The van der Waals surface area contributed by atoms with Crippen molar-refractivity contribution >= 4 is 15.9 Å². The molecule has 0 aromatic heterocycles. The number of aryl methyl sites for hydroxylation is 1. The van der Waals surface area contributed by atoms with E-state index in [1.807, 2.05) is 19.1 Å². The molecule has 15 heavy (non-hydrogen) atoms. The van der Waals surface area contributed by atoms with Gasteiger partial charge in [0.05, 0.1) is 10.6 Å². The van der Waals surface area contributed by atoms with Crippen molar-refractivity contribution in [2.75, 3.05) is 0 Å². The minimum Gasteiger partial charge on any atom is -0.489 e. The monoisotopic (exact) mass is 268 g/mol. The number of halogens is 1. The van der Waals surface area contributed by atoms with E-state index in [1.165, 1.54) is 5.56 Å². The Bertz CT molecular complexity index is 333. The fourth-order valence-electron chi connectivity index (χ4n) is 1.36. The minimum absolute atomic E-state index is 0.172. The van der Waals surface area contributed by atoms with Crippen molar-refractivity contribution in [3.05, 3.63) is 40.9 Å². The van der Waals surface area contributed by atoms with Gasteiger partial charge < -0.3 is 4.74 Å². The third-order valence-electron chi connectivity index (χ3n) is 2.23. The van der Waals surface area contributed by atoms with Crippen molar-refractivity contribution in [1.29, 1.82) is 0 Å². The molecule has 1 rings (SSSR count). The van der Waals surface area contributed by atoms with Crippen molar-refractivity contribution < 1.29 is 4.74 Å². The summed E-state index contributed by atoms with van der Waals surface area (Å²) in [4.78, 5) is 0. The van der Waals surface area contributed by atoms with Crippen LogP contribution < -0.4 is 4.74 Å². The fourth-order valence-corrected chi connectivity index (χ4v) is 1.88.